The van der Waals surface area contributed by atoms with E-state index in [1.54, 1.807) is 0 Å². The van der Waals surface area contributed by atoms with Gasteiger partial charge in [-0.1, -0.05) is 0 Å². The number of Topliss-reactive ketones (excluding diaryl/α,β-unsaturated/α-hetero) is 1. The Kier molecular flexibility index (Phi) is 3.17. The predicted octanol–water partition coefficient (Wildman–Crippen LogP) is 2.15. The Morgan fingerprint density at radius 2 is 2.47 bits per heavy atom. The topological polar surface area (TPSA) is 56.0 Å². The highest BCUT2D eigenvalue weighted by molar-refractivity contribution is 7.08. The van der Waals surface area contributed by atoms with Crippen molar-refractivity contribution in [3.05, 3.63) is 16.6 Å². The third-order valence-electron chi connectivity index (χ3n) is 2.96. The number of aromatic nitrogens is 1. The average Bonchev–Trinajstić information content (AvgIpc) is 2.75. The highest BCUT2D eigenvalue weighted by Gasteiger charge is 2.24. The normalized spacial score (nSPS) is 25.7. The first-order valence-corrected chi connectivity index (χ1v) is 6.14. The molecule has 15 heavy (non-hydrogen) atoms. The molecule has 0 bridgehead atoms. The number of rotatable bonds is 3. The largest absolute Gasteiger partial charge is 0.328 e. The van der Waals surface area contributed by atoms with Crippen LogP contribution in [0.2, 0.25) is 0 Å². The zero-order valence-corrected chi connectivity index (χ0v) is 9.72. The van der Waals surface area contributed by atoms with Crippen LogP contribution in [0, 0.1) is 12.8 Å². The van der Waals surface area contributed by atoms with E-state index in [1.807, 2.05) is 13.0 Å². The zero-order chi connectivity index (χ0) is 10.8. The lowest BCUT2D eigenvalue weighted by atomic mass is 10.00. The molecule has 0 amide bonds. The van der Waals surface area contributed by atoms with Gasteiger partial charge in [-0.3, -0.25) is 4.79 Å². The van der Waals surface area contributed by atoms with Gasteiger partial charge in [0.2, 0.25) is 0 Å². The van der Waals surface area contributed by atoms with Crippen molar-refractivity contribution >= 4 is 17.3 Å². The molecular formula is C11H16N2OS. The van der Waals surface area contributed by atoms with Gasteiger partial charge >= 0.3 is 0 Å². The fourth-order valence-corrected chi connectivity index (χ4v) is 2.86. The first-order chi connectivity index (χ1) is 7.15. The lowest BCUT2D eigenvalue weighted by Crippen LogP contribution is -2.15. The number of hydrogen-bond acceptors (Lipinski definition) is 4. The zero-order valence-electron chi connectivity index (χ0n) is 8.90. The van der Waals surface area contributed by atoms with E-state index in [4.69, 9.17) is 5.73 Å². The molecule has 1 fully saturated rings. The minimum Gasteiger partial charge on any atom is -0.328 e. The summed E-state index contributed by atoms with van der Waals surface area (Å²) in [6.07, 6.45) is 3.82. The summed E-state index contributed by atoms with van der Waals surface area (Å²) in [7, 11) is 0. The molecular weight excluding hydrogens is 208 g/mol. The molecule has 0 radical (unpaired) electrons. The number of carbonyl (C=O) groups is 1. The van der Waals surface area contributed by atoms with E-state index in [9.17, 15) is 4.79 Å². The van der Waals surface area contributed by atoms with Crippen LogP contribution in [-0.4, -0.2) is 16.2 Å². The van der Waals surface area contributed by atoms with Crippen LogP contribution in [0.1, 0.15) is 41.0 Å². The number of carbonyl (C=O) groups excluding carboxylic acids is 1. The van der Waals surface area contributed by atoms with E-state index >= 15 is 0 Å². The molecule has 1 saturated carbocycles. The van der Waals surface area contributed by atoms with Crippen LogP contribution in [0.15, 0.2) is 6.07 Å². The van der Waals surface area contributed by atoms with E-state index in [1.165, 1.54) is 11.5 Å². The quantitative estimate of drug-likeness (QED) is 0.800. The minimum atomic E-state index is 0.236. The van der Waals surface area contributed by atoms with E-state index in [2.05, 4.69) is 4.37 Å². The Bertz CT molecular complexity index is 361. The van der Waals surface area contributed by atoms with Gasteiger partial charge in [0, 0.05) is 12.5 Å². The van der Waals surface area contributed by atoms with Crippen molar-refractivity contribution in [3.63, 3.8) is 0 Å². The third kappa shape index (κ3) is 2.63. The lowest BCUT2D eigenvalue weighted by molar-refractivity contribution is 0.0966. The van der Waals surface area contributed by atoms with Crippen LogP contribution in [0.4, 0.5) is 0 Å². The molecule has 1 heterocycles. The molecule has 4 heteroatoms. The minimum absolute atomic E-state index is 0.236. The second kappa shape index (κ2) is 4.41. The highest BCUT2D eigenvalue weighted by atomic mass is 32.1. The summed E-state index contributed by atoms with van der Waals surface area (Å²) in [4.78, 5) is 12.6. The molecule has 1 aromatic rings. The molecule has 2 atom stereocenters. The van der Waals surface area contributed by atoms with Crippen molar-refractivity contribution < 1.29 is 4.79 Å². The smallest absolute Gasteiger partial charge is 0.174 e. The molecule has 3 nitrogen and oxygen atoms in total. The maximum Gasteiger partial charge on any atom is 0.174 e. The van der Waals surface area contributed by atoms with Gasteiger partial charge in [0.1, 0.15) is 0 Å². The van der Waals surface area contributed by atoms with Crippen molar-refractivity contribution in [2.45, 2.75) is 38.6 Å². The monoisotopic (exact) mass is 224 g/mol. The maximum absolute atomic E-state index is 11.9. The number of nitrogens with two attached hydrogens (primary N) is 1. The second-order valence-corrected chi connectivity index (χ2v) is 5.20. The SMILES string of the molecule is Cc1cc(C(=O)CC2CCC(N)C2)sn1. The number of hydrogen-bond donors (Lipinski definition) is 1. The fourth-order valence-electron chi connectivity index (χ4n) is 2.16. The van der Waals surface area contributed by atoms with E-state index in [0.29, 0.717) is 18.4 Å². The Hall–Kier alpha value is -0.740. The summed E-state index contributed by atoms with van der Waals surface area (Å²) in [5, 5.41) is 0. The first kappa shape index (κ1) is 10.8. The van der Waals surface area contributed by atoms with Crippen LogP contribution in [0.25, 0.3) is 0 Å². The standard InChI is InChI=1S/C11H16N2OS/c1-7-4-11(15-13-7)10(14)6-8-2-3-9(12)5-8/h4,8-9H,2-3,5-6,12H2,1H3. The van der Waals surface area contributed by atoms with Crippen molar-refractivity contribution in [2.75, 3.05) is 0 Å². The van der Waals surface area contributed by atoms with Gasteiger partial charge in [-0.2, -0.15) is 4.37 Å². The molecule has 2 N–H and O–H groups in total. The van der Waals surface area contributed by atoms with Crippen molar-refractivity contribution in [1.82, 2.24) is 4.37 Å². The summed E-state index contributed by atoms with van der Waals surface area (Å²) in [6, 6.07) is 2.19. The molecule has 2 rings (SSSR count). The molecule has 1 aliphatic rings. The van der Waals surface area contributed by atoms with E-state index < -0.39 is 0 Å². The first-order valence-electron chi connectivity index (χ1n) is 5.37. The average molecular weight is 224 g/mol. The number of ketones is 1. The molecule has 0 saturated heterocycles. The van der Waals surface area contributed by atoms with Crippen molar-refractivity contribution in [2.24, 2.45) is 11.7 Å². The van der Waals surface area contributed by atoms with Crippen LogP contribution >= 0.6 is 11.5 Å². The molecule has 1 aromatic heterocycles. The van der Waals surface area contributed by atoms with Gasteiger partial charge < -0.3 is 5.73 Å². The van der Waals surface area contributed by atoms with Gasteiger partial charge in [0.15, 0.2) is 5.78 Å². The lowest BCUT2D eigenvalue weighted by Gasteiger charge is -2.06. The number of aryl methyl sites for hydroxylation is 1. The van der Waals surface area contributed by atoms with Gasteiger partial charge in [0.25, 0.3) is 0 Å². The Morgan fingerprint density at radius 1 is 1.67 bits per heavy atom. The molecule has 2 unspecified atom stereocenters. The molecule has 82 valence electrons. The molecule has 0 aliphatic heterocycles. The summed E-state index contributed by atoms with van der Waals surface area (Å²) < 4.78 is 4.12. The summed E-state index contributed by atoms with van der Waals surface area (Å²) in [5.41, 5.74) is 6.76. The van der Waals surface area contributed by atoms with Crippen LogP contribution in [-0.2, 0) is 0 Å². The molecule has 1 aliphatic carbocycles. The van der Waals surface area contributed by atoms with Crippen LogP contribution in [0.3, 0.4) is 0 Å². The summed E-state index contributed by atoms with van der Waals surface area (Å²) in [5.74, 6) is 0.731. The summed E-state index contributed by atoms with van der Waals surface area (Å²) in [6.45, 7) is 1.92. The van der Waals surface area contributed by atoms with Gasteiger partial charge in [-0.25, -0.2) is 0 Å². The third-order valence-corrected chi connectivity index (χ3v) is 3.88. The molecule has 0 aromatic carbocycles. The van der Waals surface area contributed by atoms with Crippen molar-refractivity contribution in [1.29, 1.82) is 0 Å². The fraction of sp³-hybridized carbons (Fsp3) is 0.636. The van der Waals surface area contributed by atoms with Crippen LogP contribution in [0.5, 0.6) is 0 Å². The van der Waals surface area contributed by atoms with E-state index in [-0.39, 0.29) is 5.78 Å². The summed E-state index contributed by atoms with van der Waals surface area (Å²) >= 11 is 1.31. The maximum atomic E-state index is 11.9. The predicted molar refractivity (Wildman–Crippen MR) is 61.1 cm³/mol. The van der Waals surface area contributed by atoms with Crippen molar-refractivity contribution in [3.8, 4) is 0 Å². The van der Waals surface area contributed by atoms with E-state index in [0.717, 1.165) is 29.8 Å². The second-order valence-electron chi connectivity index (χ2n) is 4.40. The highest BCUT2D eigenvalue weighted by Crippen LogP contribution is 2.28. The number of nitrogens with zero attached hydrogens (tertiary/aromatic N) is 1. The Labute approximate surface area is 93.8 Å². The van der Waals surface area contributed by atoms with Gasteiger partial charge in [0.05, 0.1) is 10.6 Å². The van der Waals surface area contributed by atoms with Gasteiger partial charge in [-0.15, -0.1) is 0 Å². The Balaban J connectivity index is 1.92. The molecule has 0 spiro atoms. The Morgan fingerprint density at radius 3 is 3.00 bits per heavy atom. The van der Waals surface area contributed by atoms with Gasteiger partial charge in [-0.05, 0) is 49.7 Å². The van der Waals surface area contributed by atoms with Crippen LogP contribution < -0.4 is 5.73 Å².